The molecular formula is C14H20ClNO3S. The van der Waals surface area contributed by atoms with Gasteiger partial charge in [0.2, 0.25) is 0 Å². The van der Waals surface area contributed by atoms with Gasteiger partial charge in [-0.25, -0.2) is 8.42 Å². The van der Waals surface area contributed by atoms with E-state index in [1.165, 1.54) is 6.07 Å². The standard InChI is InChI=1S/C14H20ClNO3S/c1-5-8-14(3,4)16-13(17)11-7-6-10(2)12(9-11)20(15,18)19/h6-7,9H,5,8H2,1-4H3,(H,16,17). The van der Waals surface area contributed by atoms with Crippen LogP contribution in [0.4, 0.5) is 0 Å². The Morgan fingerprint density at radius 1 is 1.35 bits per heavy atom. The first-order valence-corrected chi connectivity index (χ1v) is 8.75. The van der Waals surface area contributed by atoms with Crippen LogP contribution in [0.2, 0.25) is 0 Å². The predicted octanol–water partition coefficient (Wildman–Crippen LogP) is 3.23. The molecule has 20 heavy (non-hydrogen) atoms. The SMILES string of the molecule is CCCC(C)(C)NC(=O)c1ccc(C)c(S(=O)(=O)Cl)c1. The van der Waals surface area contributed by atoms with Gasteiger partial charge in [0, 0.05) is 21.8 Å². The molecule has 0 saturated heterocycles. The van der Waals surface area contributed by atoms with Crippen molar-refractivity contribution in [3.8, 4) is 0 Å². The van der Waals surface area contributed by atoms with Gasteiger partial charge in [0.15, 0.2) is 0 Å². The van der Waals surface area contributed by atoms with Gasteiger partial charge in [-0.2, -0.15) is 0 Å². The van der Waals surface area contributed by atoms with Gasteiger partial charge in [-0.1, -0.05) is 19.4 Å². The van der Waals surface area contributed by atoms with Crippen molar-refractivity contribution in [3.05, 3.63) is 29.3 Å². The molecule has 0 saturated carbocycles. The Labute approximate surface area is 124 Å². The van der Waals surface area contributed by atoms with Gasteiger partial charge in [-0.05, 0) is 44.9 Å². The molecule has 0 bridgehead atoms. The number of rotatable bonds is 5. The zero-order chi connectivity index (χ0) is 15.6. The number of carbonyl (C=O) groups is 1. The minimum Gasteiger partial charge on any atom is -0.347 e. The van der Waals surface area contributed by atoms with Crippen molar-refractivity contribution in [2.24, 2.45) is 0 Å². The fourth-order valence-electron chi connectivity index (χ4n) is 2.07. The fourth-order valence-corrected chi connectivity index (χ4v) is 3.29. The Bertz CT molecular complexity index is 609. The van der Waals surface area contributed by atoms with Gasteiger partial charge < -0.3 is 5.32 Å². The topological polar surface area (TPSA) is 63.2 Å². The van der Waals surface area contributed by atoms with Gasteiger partial charge >= 0.3 is 0 Å². The summed E-state index contributed by atoms with van der Waals surface area (Å²) in [6.45, 7) is 7.54. The van der Waals surface area contributed by atoms with E-state index in [0.29, 0.717) is 11.1 Å². The first kappa shape index (κ1) is 17.0. The Kier molecular flexibility index (Phi) is 5.21. The van der Waals surface area contributed by atoms with Crippen LogP contribution in [0.15, 0.2) is 23.1 Å². The first-order valence-electron chi connectivity index (χ1n) is 6.44. The van der Waals surface area contributed by atoms with E-state index in [0.717, 1.165) is 12.8 Å². The summed E-state index contributed by atoms with van der Waals surface area (Å²) in [4.78, 5) is 12.1. The Hall–Kier alpha value is -1.07. The van der Waals surface area contributed by atoms with Crippen molar-refractivity contribution in [1.29, 1.82) is 0 Å². The van der Waals surface area contributed by atoms with Crippen molar-refractivity contribution in [3.63, 3.8) is 0 Å². The Balaban J connectivity index is 3.07. The van der Waals surface area contributed by atoms with Crippen molar-refractivity contribution >= 4 is 25.6 Å². The third-order valence-corrected chi connectivity index (χ3v) is 4.50. The van der Waals surface area contributed by atoms with E-state index in [1.54, 1.807) is 19.1 Å². The smallest absolute Gasteiger partial charge is 0.261 e. The molecule has 1 amide bonds. The average molecular weight is 318 g/mol. The fraction of sp³-hybridized carbons (Fsp3) is 0.500. The highest BCUT2D eigenvalue weighted by atomic mass is 35.7. The number of carbonyl (C=O) groups excluding carboxylic acids is 1. The summed E-state index contributed by atoms with van der Waals surface area (Å²) in [6.07, 6.45) is 1.79. The van der Waals surface area contributed by atoms with E-state index in [9.17, 15) is 13.2 Å². The number of amides is 1. The van der Waals surface area contributed by atoms with Gasteiger partial charge in [-0.3, -0.25) is 4.79 Å². The van der Waals surface area contributed by atoms with E-state index >= 15 is 0 Å². The third-order valence-electron chi connectivity index (χ3n) is 3.04. The van der Waals surface area contributed by atoms with Crippen LogP contribution in [0.3, 0.4) is 0 Å². The van der Waals surface area contributed by atoms with Gasteiger partial charge in [0.05, 0.1) is 4.90 Å². The largest absolute Gasteiger partial charge is 0.347 e. The molecular weight excluding hydrogens is 298 g/mol. The van der Waals surface area contributed by atoms with Crippen LogP contribution in [0, 0.1) is 6.92 Å². The van der Waals surface area contributed by atoms with Gasteiger partial charge in [-0.15, -0.1) is 0 Å². The lowest BCUT2D eigenvalue weighted by Crippen LogP contribution is -2.43. The summed E-state index contributed by atoms with van der Waals surface area (Å²) in [6, 6.07) is 4.49. The highest BCUT2D eigenvalue weighted by Crippen LogP contribution is 2.21. The first-order chi connectivity index (χ1) is 9.07. The van der Waals surface area contributed by atoms with Gasteiger partial charge in [0.25, 0.3) is 15.0 Å². The maximum absolute atomic E-state index is 12.2. The molecule has 0 atom stereocenters. The second-order valence-corrected chi connectivity index (χ2v) is 8.04. The summed E-state index contributed by atoms with van der Waals surface area (Å²) in [7, 11) is 1.51. The van der Waals surface area contributed by atoms with Crippen molar-refractivity contribution < 1.29 is 13.2 Å². The van der Waals surface area contributed by atoms with E-state index in [-0.39, 0.29) is 16.3 Å². The molecule has 0 heterocycles. The molecule has 1 N–H and O–H groups in total. The average Bonchev–Trinajstić information content (AvgIpc) is 2.26. The van der Waals surface area contributed by atoms with Crippen LogP contribution in [0.1, 0.15) is 49.5 Å². The summed E-state index contributed by atoms with van der Waals surface area (Å²) in [5.74, 6) is -0.301. The Morgan fingerprint density at radius 3 is 2.45 bits per heavy atom. The number of halogens is 1. The van der Waals surface area contributed by atoms with E-state index in [4.69, 9.17) is 10.7 Å². The maximum Gasteiger partial charge on any atom is 0.261 e. The van der Waals surface area contributed by atoms with Crippen LogP contribution >= 0.6 is 10.7 Å². The zero-order valence-corrected chi connectivity index (χ0v) is 13.7. The lowest BCUT2D eigenvalue weighted by Gasteiger charge is -2.25. The van der Waals surface area contributed by atoms with Crippen LogP contribution in [-0.4, -0.2) is 19.9 Å². The molecule has 0 aromatic heterocycles. The highest BCUT2D eigenvalue weighted by molar-refractivity contribution is 8.13. The van der Waals surface area contributed by atoms with Crippen LogP contribution < -0.4 is 5.32 Å². The number of nitrogens with one attached hydrogen (secondary N) is 1. The number of benzene rings is 1. The summed E-state index contributed by atoms with van der Waals surface area (Å²) >= 11 is 0. The molecule has 112 valence electrons. The summed E-state index contributed by atoms with van der Waals surface area (Å²) < 4.78 is 22.9. The molecule has 0 spiro atoms. The maximum atomic E-state index is 12.2. The molecule has 1 aromatic carbocycles. The van der Waals surface area contributed by atoms with Gasteiger partial charge in [0.1, 0.15) is 0 Å². The van der Waals surface area contributed by atoms with E-state index < -0.39 is 9.05 Å². The molecule has 0 aliphatic carbocycles. The van der Waals surface area contributed by atoms with Crippen molar-refractivity contribution in [2.75, 3.05) is 0 Å². The minimum absolute atomic E-state index is 0.0277. The lowest BCUT2D eigenvalue weighted by molar-refractivity contribution is 0.0909. The van der Waals surface area contributed by atoms with E-state index in [1.807, 2.05) is 20.8 Å². The molecule has 0 aliphatic heterocycles. The minimum atomic E-state index is -3.85. The van der Waals surface area contributed by atoms with E-state index in [2.05, 4.69) is 5.32 Å². The van der Waals surface area contributed by atoms with Crippen LogP contribution in [-0.2, 0) is 9.05 Å². The molecule has 6 heteroatoms. The highest BCUT2D eigenvalue weighted by Gasteiger charge is 2.22. The molecule has 1 aromatic rings. The lowest BCUT2D eigenvalue weighted by atomic mass is 9.98. The van der Waals surface area contributed by atoms with Crippen molar-refractivity contribution in [2.45, 2.75) is 51.0 Å². The monoisotopic (exact) mass is 317 g/mol. The second-order valence-electron chi connectivity index (χ2n) is 5.51. The number of hydrogen-bond acceptors (Lipinski definition) is 3. The zero-order valence-electron chi connectivity index (χ0n) is 12.2. The summed E-state index contributed by atoms with van der Waals surface area (Å²) in [5.41, 5.74) is 0.472. The molecule has 4 nitrogen and oxygen atoms in total. The molecule has 0 fully saturated rings. The predicted molar refractivity (Wildman–Crippen MR) is 80.7 cm³/mol. The Morgan fingerprint density at radius 2 is 1.95 bits per heavy atom. The number of hydrogen-bond donors (Lipinski definition) is 1. The van der Waals surface area contributed by atoms with Crippen LogP contribution in [0.25, 0.3) is 0 Å². The second kappa shape index (κ2) is 6.14. The number of aryl methyl sites for hydroxylation is 1. The third kappa shape index (κ3) is 4.49. The quantitative estimate of drug-likeness (QED) is 0.848. The van der Waals surface area contributed by atoms with Crippen LogP contribution in [0.5, 0.6) is 0 Å². The normalized spacial score (nSPS) is 12.2. The van der Waals surface area contributed by atoms with Crippen molar-refractivity contribution in [1.82, 2.24) is 5.32 Å². The molecule has 0 radical (unpaired) electrons. The molecule has 1 rings (SSSR count). The molecule has 0 unspecified atom stereocenters. The molecule has 0 aliphatic rings. The summed E-state index contributed by atoms with van der Waals surface area (Å²) in [5, 5.41) is 2.89.